The first-order chi connectivity index (χ1) is 13.5. The largest absolute Gasteiger partial charge is 0.388 e. The van der Waals surface area contributed by atoms with Crippen LogP contribution < -0.4 is 10.2 Å². The molecule has 4 rings (SSSR count). The van der Waals surface area contributed by atoms with Gasteiger partial charge in [-0.3, -0.25) is 9.78 Å². The van der Waals surface area contributed by atoms with E-state index in [0.29, 0.717) is 12.0 Å². The average molecular weight is 383 g/mol. The molecule has 0 saturated carbocycles. The number of nitrogens with one attached hydrogen (secondary N) is 1. The summed E-state index contributed by atoms with van der Waals surface area (Å²) in [6, 6.07) is 4.64. The normalized spacial score (nSPS) is 26.8. The highest BCUT2D eigenvalue weighted by atomic mass is 16.5. The Kier molecular flexibility index (Phi) is 4.99. The summed E-state index contributed by atoms with van der Waals surface area (Å²) in [4.78, 5) is 27.1. The number of anilines is 1. The summed E-state index contributed by atoms with van der Waals surface area (Å²) in [5.41, 5.74) is -0.916. The minimum atomic E-state index is -1.05. The van der Waals surface area contributed by atoms with Gasteiger partial charge in [-0.05, 0) is 38.0 Å². The zero-order valence-corrected chi connectivity index (χ0v) is 15.9. The van der Waals surface area contributed by atoms with E-state index in [1.165, 1.54) is 0 Å². The van der Waals surface area contributed by atoms with E-state index < -0.39 is 11.6 Å². The highest BCUT2D eigenvalue weighted by molar-refractivity contribution is 5.94. The molecule has 0 bridgehead atoms. The molecule has 2 aromatic heterocycles. The monoisotopic (exact) mass is 383 g/mol. The fourth-order valence-electron chi connectivity index (χ4n) is 4.10. The van der Waals surface area contributed by atoms with Crippen molar-refractivity contribution < 1.29 is 14.6 Å². The Morgan fingerprint density at radius 3 is 2.54 bits per heavy atom. The van der Waals surface area contributed by atoms with E-state index >= 15 is 0 Å². The van der Waals surface area contributed by atoms with E-state index in [1.54, 1.807) is 49.9 Å². The molecule has 0 aromatic carbocycles. The lowest BCUT2D eigenvalue weighted by Crippen LogP contribution is -2.64. The molecule has 2 atom stereocenters. The van der Waals surface area contributed by atoms with Crippen LogP contribution >= 0.6 is 0 Å². The lowest BCUT2D eigenvalue weighted by molar-refractivity contribution is -0.176. The van der Waals surface area contributed by atoms with Crippen molar-refractivity contribution in [1.29, 1.82) is 0 Å². The van der Waals surface area contributed by atoms with Gasteiger partial charge >= 0.3 is 0 Å². The number of aromatic nitrogens is 3. The van der Waals surface area contributed by atoms with Crippen LogP contribution in [0.5, 0.6) is 0 Å². The first-order valence-electron chi connectivity index (χ1n) is 9.57. The lowest BCUT2D eigenvalue weighted by Gasteiger charge is -2.51. The average Bonchev–Trinajstić information content (AvgIpc) is 2.72. The molecule has 2 aliphatic rings. The van der Waals surface area contributed by atoms with Crippen molar-refractivity contribution in [1.82, 2.24) is 20.3 Å². The highest BCUT2D eigenvalue weighted by Crippen LogP contribution is 2.40. The van der Waals surface area contributed by atoms with Crippen molar-refractivity contribution in [2.45, 2.75) is 43.4 Å². The number of ether oxygens (including phenoxy) is 1. The smallest absolute Gasteiger partial charge is 0.251 e. The number of rotatable bonds is 3. The predicted octanol–water partition coefficient (Wildman–Crippen LogP) is 1.18. The van der Waals surface area contributed by atoms with Crippen molar-refractivity contribution in [3.05, 3.63) is 48.5 Å². The molecule has 28 heavy (non-hydrogen) atoms. The number of piperidine rings is 1. The molecule has 8 heteroatoms. The van der Waals surface area contributed by atoms with Crippen LogP contribution in [0.2, 0.25) is 0 Å². The molecule has 2 aliphatic heterocycles. The van der Waals surface area contributed by atoms with Crippen LogP contribution in [-0.4, -0.2) is 62.9 Å². The summed E-state index contributed by atoms with van der Waals surface area (Å²) in [7, 11) is 0. The summed E-state index contributed by atoms with van der Waals surface area (Å²) in [5.74, 6) is 0.491. The van der Waals surface area contributed by atoms with E-state index in [1.807, 2.05) is 0 Å². The molecule has 2 N–H and O–H groups in total. The van der Waals surface area contributed by atoms with Crippen LogP contribution in [0.15, 0.2) is 43.0 Å². The second-order valence-corrected chi connectivity index (χ2v) is 7.83. The third-order valence-electron chi connectivity index (χ3n) is 5.74. The van der Waals surface area contributed by atoms with E-state index in [-0.39, 0.29) is 18.1 Å². The third kappa shape index (κ3) is 3.83. The summed E-state index contributed by atoms with van der Waals surface area (Å²) < 4.78 is 6.22. The maximum absolute atomic E-state index is 12.4. The van der Waals surface area contributed by atoms with Gasteiger partial charge < -0.3 is 20.1 Å². The Morgan fingerprint density at radius 2 is 1.89 bits per heavy atom. The Balaban J connectivity index is 1.38. The van der Waals surface area contributed by atoms with Crippen LogP contribution in [0.3, 0.4) is 0 Å². The number of amides is 1. The van der Waals surface area contributed by atoms with Gasteiger partial charge in [0.05, 0.1) is 23.9 Å². The second kappa shape index (κ2) is 7.44. The maximum Gasteiger partial charge on any atom is 0.251 e. The molecule has 2 saturated heterocycles. The van der Waals surface area contributed by atoms with Crippen molar-refractivity contribution in [2.75, 3.05) is 24.6 Å². The van der Waals surface area contributed by atoms with E-state index in [9.17, 15) is 9.90 Å². The molecule has 148 valence electrons. The lowest BCUT2D eigenvalue weighted by atomic mass is 9.75. The van der Waals surface area contributed by atoms with Crippen LogP contribution in [0, 0.1) is 0 Å². The summed E-state index contributed by atoms with van der Waals surface area (Å²) >= 11 is 0. The first-order valence-corrected chi connectivity index (χ1v) is 9.57. The predicted molar refractivity (Wildman–Crippen MR) is 103 cm³/mol. The summed E-state index contributed by atoms with van der Waals surface area (Å²) in [6.45, 7) is 3.61. The molecule has 0 aliphatic carbocycles. The molecule has 0 unspecified atom stereocenters. The van der Waals surface area contributed by atoms with Gasteiger partial charge in [0.15, 0.2) is 0 Å². The van der Waals surface area contributed by atoms with E-state index in [2.05, 4.69) is 25.2 Å². The highest BCUT2D eigenvalue weighted by Gasteiger charge is 2.49. The minimum Gasteiger partial charge on any atom is -0.388 e. The summed E-state index contributed by atoms with van der Waals surface area (Å²) in [6.07, 6.45) is 8.67. The SMILES string of the molecule is C[C@]1(O)CC2(CCN(c3ncccn3)CC2)OC[C@@H]1NC(=O)c1ccncc1. The van der Waals surface area contributed by atoms with Gasteiger partial charge in [-0.1, -0.05) is 0 Å². The fraction of sp³-hybridized carbons (Fsp3) is 0.500. The van der Waals surface area contributed by atoms with Gasteiger partial charge in [-0.15, -0.1) is 0 Å². The standard InChI is InChI=1S/C20H25N5O3/c1-19(27)14-20(5-11-25(12-6-20)18-22-7-2-8-23-18)28-13-16(19)24-17(26)15-3-9-21-10-4-15/h2-4,7-10,16,27H,5-6,11-14H2,1H3,(H,24,26)/t16-,19-/m0/s1. The molecular formula is C20H25N5O3. The van der Waals surface area contributed by atoms with Crippen molar-refractivity contribution in [2.24, 2.45) is 0 Å². The topological polar surface area (TPSA) is 100 Å². The summed E-state index contributed by atoms with van der Waals surface area (Å²) in [5, 5.41) is 14.0. The number of nitrogens with zero attached hydrogens (tertiary/aromatic N) is 4. The zero-order chi connectivity index (χ0) is 19.6. The molecule has 1 amide bonds. The van der Waals surface area contributed by atoms with Crippen molar-refractivity contribution in [3.8, 4) is 0 Å². The van der Waals surface area contributed by atoms with Gasteiger partial charge in [-0.2, -0.15) is 0 Å². The fourth-order valence-corrected chi connectivity index (χ4v) is 4.10. The maximum atomic E-state index is 12.4. The quantitative estimate of drug-likeness (QED) is 0.821. The molecule has 2 aromatic rings. The number of hydrogen-bond acceptors (Lipinski definition) is 7. The van der Waals surface area contributed by atoms with Gasteiger partial charge in [0.1, 0.15) is 0 Å². The molecule has 0 radical (unpaired) electrons. The molecule has 2 fully saturated rings. The second-order valence-electron chi connectivity index (χ2n) is 7.83. The number of carbonyl (C=O) groups is 1. The van der Waals surface area contributed by atoms with Crippen LogP contribution in [0.1, 0.15) is 36.5 Å². The zero-order valence-electron chi connectivity index (χ0n) is 15.9. The third-order valence-corrected chi connectivity index (χ3v) is 5.74. The minimum absolute atomic E-state index is 0.233. The van der Waals surface area contributed by atoms with Gasteiger partial charge in [-0.25, -0.2) is 9.97 Å². The van der Waals surface area contributed by atoms with Crippen molar-refractivity contribution >= 4 is 11.9 Å². The van der Waals surface area contributed by atoms with Crippen LogP contribution in [-0.2, 0) is 4.74 Å². The Bertz CT molecular complexity index is 807. The number of pyridine rings is 1. The number of aliphatic hydroxyl groups is 1. The molecule has 8 nitrogen and oxygen atoms in total. The number of hydrogen-bond donors (Lipinski definition) is 2. The Morgan fingerprint density at radius 1 is 1.21 bits per heavy atom. The Labute approximate surface area is 164 Å². The van der Waals surface area contributed by atoms with E-state index in [0.717, 1.165) is 31.9 Å². The van der Waals surface area contributed by atoms with Crippen molar-refractivity contribution in [3.63, 3.8) is 0 Å². The van der Waals surface area contributed by atoms with Gasteiger partial charge in [0.25, 0.3) is 5.91 Å². The first kappa shape index (κ1) is 18.8. The Hall–Kier alpha value is -2.58. The molecule has 1 spiro atoms. The van der Waals surface area contributed by atoms with Gasteiger partial charge in [0, 0.05) is 49.9 Å². The van der Waals surface area contributed by atoms with Crippen LogP contribution in [0.4, 0.5) is 5.95 Å². The number of carbonyl (C=O) groups excluding carboxylic acids is 1. The molecule has 4 heterocycles. The van der Waals surface area contributed by atoms with E-state index in [4.69, 9.17) is 4.74 Å². The van der Waals surface area contributed by atoms with Gasteiger partial charge in [0.2, 0.25) is 5.95 Å². The van der Waals surface area contributed by atoms with Crippen LogP contribution in [0.25, 0.3) is 0 Å². The molecular weight excluding hydrogens is 358 g/mol.